The van der Waals surface area contributed by atoms with E-state index in [4.69, 9.17) is 4.55 Å². The average Bonchev–Trinajstić information content (AvgIpc) is 2.46. The SMILES string of the molecule is O=[N+]([O-])c1ccc(S(=O)(=O)Nc2cccc(S(=O)(=O)O)c2)cc1. The molecule has 0 saturated heterocycles. The number of nitro benzene ring substituents is 1. The minimum atomic E-state index is -4.47. The molecule has 0 aliphatic heterocycles. The fourth-order valence-corrected chi connectivity index (χ4v) is 3.26. The molecule has 122 valence electrons. The van der Waals surface area contributed by atoms with Crippen molar-refractivity contribution in [2.24, 2.45) is 0 Å². The van der Waals surface area contributed by atoms with E-state index in [0.717, 1.165) is 36.4 Å². The Morgan fingerprint density at radius 1 is 0.957 bits per heavy atom. The summed E-state index contributed by atoms with van der Waals surface area (Å²) in [5.41, 5.74) is -0.351. The summed E-state index contributed by atoms with van der Waals surface area (Å²) in [6, 6.07) is 8.73. The number of hydrogen-bond acceptors (Lipinski definition) is 6. The molecule has 0 aliphatic carbocycles. The first-order valence-electron chi connectivity index (χ1n) is 5.94. The van der Waals surface area contributed by atoms with E-state index in [-0.39, 0.29) is 16.3 Å². The van der Waals surface area contributed by atoms with Gasteiger partial charge in [-0.3, -0.25) is 19.4 Å². The van der Waals surface area contributed by atoms with Crippen LogP contribution in [0.25, 0.3) is 0 Å². The van der Waals surface area contributed by atoms with Crippen molar-refractivity contribution < 1.29 is 26.3 Å². The van der Waals surface area contributed by atoms with Gasteiger partial charge in [0.05, 0.1) is 20.4 Å². The Morgan fingerprint density at radius 2 is 1.57 bits per heavy atom. The molecule has 0 spiro atoms. The van der Waals surface area contributed by atoms with Gasteiger partial charge in [-0.2, -0.15) is 8.42 Å². The third-order valence-electron chi connectivity index (χ3n) is 2.74. The van der Waals surface area contributed by atoms with E-state index in [1.165, 1.54) is 12.1 Å². The van der Waals surface area contributed by atoms with Gasteiger partial charge in [-0.1, -0.05) is 6.07 Å². The van der Waals surface area contributed by atoms with Crippen molar-refractivity contribution >= 4 is 31.5 Å². The summed E-state index contributed by atoms with van der Waals surface area (Å²) in [6.07, 6.45) is 0. The molecule has 2 aromatic carbocycles. The van der Waals surface area contributed by atoms with Crippen LogP contribution >= 0.6 is 0 Å². The molecular weight excluding hydrogens is 348 g/mol. The predicted molar refractivity (Wildman–Crippen MR) is 80.2 cm³/mol. The van der Waals surface area contributed by atoms with Gasteiger partial charge < -0.3 is 0 Å². The zero-order valence-electron chi connectivity index (χ0n) is 11.3. The van der Waals surface area contributed by atoms with Gasteiger partial charge in [-0.05, 0) is 30.3 Å². The van der Waals surface area contributed by atoms with E-state index in [1.807, 2.05) is 0 Å². The fourth-order valence-electron chi connectivity index (χ4n) is 1.68. The Labute approximate surface area is 131 Å². The number of hydrogen-bond donors (Lipinski definition) is 2. The second kappa shape index (κ2) is 5.95. The van der Waals surface area contributed by atoms with Crippen LogP contribution in [0.5, 0.6) is 0 Å². The fraction of sp³-hybridized carbons (Fsp3) is 0. The molecule has 0 aromatic heterocycles. The molecule has 23 heavy (non-hydrogen) atoms. The molecule has 9 nitrogen and oxygen atoms in total. The van der Waals surface area contributed by atoms with Crippen LogP contribution in [0, 0.1) is 10.1 Å². The first-order chi connectivity index (χ1) is 10.6. The maximum atomic E-state index is 12.2. The Morgan fingerprint density at radius 3 is 2.09 bits per heavy atom. The van der Waals surface area contributed by atoms with Crippen LogP contribution in [0.4, 0.5) is 11.4 Å². The second-order valence-corrected chi connectivity index (χ2v) is 7.46. The minimum Gasteiger partial charge on any atom is -0.282 e. The monoisotopic (exact) mass is 358 g/mol. The quantitative estimate of drug-likeness (QED) is 0.469. The van der Waals surface area contributed by atoms with E-state index in [0.29, 0.717) is 0 Å². The van der Waals surface area contributed by atoms with Crippen molar-refractivity contribution in [2.45, 2.75) is 9.79 Å². The Kier molecular flexibility index (Phi) is 4.36. The molecule has 0 aliphatic rings. The molecule has 0 atom stereocenters. The number of anilines is 1. The van der Waals surface area contributed by atoms with Gasteiger partial charge in [-0.15, -0.1) is 0 Å². The van der Waals surface area contributed by atoms with Crippen LogP contribution in [-0.4, -0.2) is 26.3 Å². The summed E-state index contributed by atoms with van der Waals surface area (Å²) in [4.78, 5) is 9.17. The molecule has 2 rings (SSSR count). The molecule has 0 fully saturated rings. The molecular formula is C12H10N2O7S2. The molecule has 0 heterocycles. The van der Waals surface area contributed by atoms with Crippen molar-refractivity contribution in [1.82, 2.24) is 0 Å². The van der Waals surface area contributed by atoms with Gasteiger partial charge in [0.25, 0.3) is 25.8 Å². The van der Waals surface area contributed by atoms with Gasteiger partial charge in [0, 0.05) is 12.1 Å². The maximum absolute atomic E-state index is 12.2. The summed E-state index contributed by atoms with van der Waals surface area (Å²) in [5.74, 6) is 0. The lowest BCUT2D eigenvalue weighted by Crippen LogP contribution is -2.13. The molecule has 2 aromatic rings. The van der Waals surface area contributed by atoms with E-state index in [2.05, 4.69) is 4.72 Å². The molecule has 11 heteroatoms. The number of non-ortho nitro benzene ring substituents is 1. The van der Waals surface area contributed by atoms with Crippen LogP contribution in [-0.2, 0) is 20.1 Å². The van der Waals surface area contributed by atoms with E-state index >= 15 is 0 Å². The summed E-state index contributed by atoms with van der Waals surface area (Å²) >= 11 is 0. The minimum absolute atomic E-state index is 0.0847. The highest BCUT2D eigenvalue weighted by Crippen LogP contribution is 2.21. The van der Waals surface area contributed by atoms with Crippen LogP contribution in [0.2, 0.25) is 0 Å². The van der Waals surface area contributed by atoms with Gasteiger partial charge in [0.2, 0.25) is 0 Å². The number of nitro groups is 1. The highest BCUT2D eigenvalue weighted by atomic mass is 32.2. The van der Waals surface area contributed by atoms with Crippen molar-refractivity contribution in [3.8, 4) is 0 Å². The number of benzene rings is 2. The molecule has 2 N–H and O–H groups in total. The summed E-state index contributed by atoms with van der Waals surface area (Å²) < 4.78 is 57.4. The standard InChI is InChI=1S/C12H10N2O7S2/c15-14(16)10-4-6-11(7-5-10)22(17,18)13-9-2-1-3-12(8-9)23(19,20)21/h1-8,13H,(H,19,20,21). The first-order valence-corrected chi connectivity index (χ1v) is 8.87. The number of rotatable bonds is 5. The predicted octanol–water partition coefficient (Wildman–Crippen LogP) is 1.64. The maximum Gasteiger partial charge on any atom is 0.294 e. The molecule has 0 radical (unpaired) electrons. The third kappa shape index (κ3) is 4.03. The van der Waals surface area contributed by atoms with Crippen molar-refractivity contribution in [1.29, 1.82) is 0 Å². The number of nitrogens with zero attached hydrogens (tertiary/aromatic N) is 1. The third-order valence-corrected chi connectivity index (χ3v) is 4.99. The van der Waals surface area contributed by atoms with E-state index < -0.39 is 30.0 Å². The van der Waals surface area contributed by atoms with Gasteiger partial charge in [0.1, 0.15) is 0 Å². The summed E-state index contributed by atoms with van der Waals surface area (Å²) in [5, 5.41) is 10.5. The second-order valence-electron chi connectivity index (χ2n) is 4.36. The summed E-state index contributed by atoms with van der Waals surface area (Å²) in [7, 11) is -8.54. The van der Waals surface area contributed by atoms with Crippen LogP contribution in [0.1, 0.15) is 0 Å². The van der Waals surface area contributed by atoms with Gasteiger partial charge in [0.15, 0.2) is 0 Å². The van der Waals surface area contributed by atoms with Crippen LogP contribution in [0.3, 0.4) is 0 Å². The molecule has 0 saturated carbocycles. The van der Waals surface area contributed by atoms with Crippen molar-refractivity contribution in [2.75, 3.05) is 4.72 Å². The highest BCUT2D eigenvalue weighted by Gasteiger charge is 2.17. The van der Waals surface area contributed by atoms with Crippen LogP contribution < -0.4 is 4.72 Å². The normalized spacial score (nSPS) is 11.9. The highest BCUT2D eigenvalue weighted by molar-refractivity contribution is 7.92. The van der Waals surface area contributed by atoms with Crippen LogP contribution in [0.15, 0.2) is 58.3 Å². The zero-order chi connectivity index (χ0) is 17.3. The smallest absolute Gasteiger partial charge is 0.282 e. The van der Waals surface area contributed by atoms with Gasteiger partial charge in [-0.25, -0.2) is 8.42 Å². The summed E-state index contributed by atoms with van der Waals surface area (Å²) in [6.45, 7) is 0. The Bertz CT molecular complexity index is 951. The zero-order valence-corrected chi connectivity index (χ0v) is 12.9. The molecule has 0 bridgehead atoms. The Hall–Kier alpha value is -2.50. The van der Waals surface area contributed by atoms with E-state index in [1.54, 1.807) is 0 Å². The van der Waals surface area contributed by atoms with Crippen molar-refractivity contribution in [3.63, 3.8) is 0 Å². The van der Waals surface area contributed by atoms with Gasteiger partial charge >= 0.3 is 0 Å². The lowest BCUT2D eigenvalue weighted by Gasteiger charge is -2.08. The molecule has 0 unspecified atom stereocenters. The van der Waals surface area contributed by atoms with E-state index in [9.17, 15) is 26.9 Å². The first kappa shape index (κ1) is 16.9. The lowest BCUT2D eigenvalue weighted by atomic mass is 10.3. The number of sulfonamides is 1. The Balaban J connectivity index is 2.33. The topological polar surface area (TPSA) is 144 Å². The largest absolute Gasteiger partial charge is 0.294 e. The van der Waals surface area contributed by atoms with Crippen molar-refractivity contribution in [3.05, 3.63) is 58.6 Å². The average molecular weight is 358 g/mol. The lowest BCUT2D eigenvalue weighted by molar-refractivity contribution is -0.384. The number of nitrogens with one attached hydrogen (secondary N) is 1. The molecule has 0 amide bonds.